The van der Waals surface area contributed by atoms with Crippen molar-refractivity contribution in [3.8, 4) is 0 Å². The zero-order chi connectivity index (χ0) is 15.1. The molecule has 0 bridgehead atoms. The van der Waals surface area contributed by atoms with Crippen molar-refractivity contribution in [2.75, 3.05) is 31.0 Å². The molecule has 0 spiro atoms. The maximum atomic E-state index is 4.73. The Morgan fingerprint density at radius 2 is 2.05 bits per heavy atom. The van der Waals surface area contributed by atoms with Gasteiger partial charge in [-0.05, 0) is 32.4 Å². The van der Waals surface area contributed by atoms with Crippen molar-refractivity contribution in [1.29, 1.82) is 0 Å². The maximum Gasteiger partial charge on any atom is 0.131 e. The van der Waals surface area contributed by atoms with Crippen molar-refractivity contribution in [3.05, 3.63) is 17.7 Å². The van der Waals surface area contributed by atoms with Crippen LogP contribution in [0.1, 0.15) is 44.6 Å². The molecular weight excluding hydrogens is 268 g/mol. The Bertz CT molecular complexity index is 409. The Morgan fingerprint density at radius 1 is 1.35 bits per heavy atom. The SMILES string of the molecule is CNCc1nc(C(C)C)ncc1N(C)C(C)CCSC. The largest absolute Gasteiger partial charge is 0.369 e. The quantitative estimate of drug-likeness (QED) is 0.799. The van der Waals surface area contributed by atoms with E-state index in [-0.39, 0.29) is 0 Å². The summed E-state index contributed by atoms with van der Waals surface area (Å²) in [4.78, 5) is 11.5. The van der Waals surface area contributed by atoms with Crippen LogP contribution in [0.25, 0.3) is 0 Å². The van der Waals surface area contributed by atoms with E-state index in [4.69, 9.17) is 4.98 Å². The number of hydrogen-bond acceptors (Lipinski definition) is 5. The molecule has 0 aromatic carbocycles. The van der Waals surface area contributed by atoms with E-state index in [1.165, 1.54) is 12.2 Å². The van der Waals surface area contributed by atoms with Crippen molar-refractivity contribution in [2.45, 2.75) is 45.7 Å². The predicted octanol–water partition coefficient (Wildman–Crippen LogP) is 2.90. The van der Waals surface area contributed by atoms with Gasteiger partial charge in [0.25, 0.3) is 0 Å². The van der Waals surface area contributed by atoms with Crippen molar-refractivity contribution in [3.63, 3.8) is 0 Å². The lowest BCUT2D eigenvalue weighted by Crippen LogP contribution is -2.31. The average Bonchev–Trinajstić information content (AvgIpc) is 2.44. The smallest absolute Gasteiger partial charge is 0.131 e. The minimum absolute atomic E-state index is 0.360. The Balaban J connectivity index is 2.97. The molecule has 114 valence electrons. The third kappa shape index (κ3) is 4.63. The van der Waals surface area contributed by atoms with Gasteiger partial charge in [-0.15, -0.1) is 0 Å². The van der Waals surface area contributed by atoms with Crippen LogP contribution in [-0.2, 0) is 6.54 Å². The van der Waals surface area contributed by atoms with Gasteiger partial charge in [-0.3, -0.25) is 0 Å². The molecule has 0 aliphatic heterocycles. The molecule has 20 heavy (non-hydrogen) atoms. The van der Waals surface area contributed by atoms with Gasteiger partial charge in [0.2, 0.25) is 0 Å². The molecule has 5 heteroatoms. The number of aromatic nitrogens is 2. The highest BCUT2D eigenvalue weighted by atomic mass is 32.2. The average molecular weight is 296 g/mol. The van der Waals surface area contributed by atoms with E-state index in [0.29, 0.717) is 12.0 Å². The van der Waals surface area contributed by atoms with E-state index in [1.807, 2.05) is 25.0 Å². The Kier molecular flexibility index (Phi) is 7.30. The third-order valence-corrected chi connectivity index (χ3v) is 4.15. The van der Waals surface area contributed by atoms with Crippen LogP contribution in [0.2, 0.25) is 0 Å². The highest BCUT2D eigenvalue weighted by molar-refractivity contribution is 7.98. The molecule has 0 saturated carbocycles. The maximum absolute atomic E-state index is 4.73. The van der Waals surface area contributed by atoms with Crippen molar-refractivity contribution in [1.82, 2.24) is 15.3 Å². The Morgan fingerprint density at radius 3 is 2.60 bits per heavy atom. The summed E-state index contributed by atoms with van der Waals surface area (Å²) in [6, 6.07) is 0.492. The number of anilines is 1. The van der Waals surface area contributed by atoms with Gasteiger partial charge >= 0.3 is 0 Å². The topological polar surface area (TPSA) is 41.1 Å². The fourth-order valence-electron chi connectivity index (χ4n) is 2.02. The first-order valence-corrected chi connectivity index (χ1v) is 8.62. The molecule has 1 atom stereocenters. The van der Waals surface area contributed by atoms with Gasteiger partial charge < -0.3 is 10.2 Å². The highest BCUT2D eigenvalue weighted by Crippen LogP contribution is 2.22. The minimum Gasteiger partial charge on any atom is -0.369 e. The van der Waals surface area contributed by atoms with E-state index in [0.717, 1.165) is 23.8 Å². The minimum atomic E-state index is 0.360. The normalized spacial score (nSPS) is 12.8. The van der Waals surface area contributed by atoms with E-state index >= 15 is 0 Å². The third-order valence-electron chi connectivity index (χ3n) is 3.51. The fourth-order valence-corrected chi connectivity index (χ4v) is 2.59. The van der Waals surface area contributed by atoms with Crippen LogP contribution < -0.4 is 10.2 Å². The number of thioether (sulfide) groups is 1. The van der Waals surface area contributed by atoms with Crippen LogP contribution in [-0.4, -0.2) is 42.1 Å². The van der Waals surface area contributed by atoms with Crippen LogP contribution in [0.3, 0.4) is 0 Å². The number of nitrogens with zero attached hydrogens (tertiary/aromatic N) is 3. The second-order valence-electron chi connectivity index (χ2n) is 5.49. The zero-order valence-electron chi connectivity index (χ0n) is 13.6. The monoisotopic (exact) mass is 296 g/mol. The second kappa shape index (κ2) is 8.47. The lowest BCUT2D eigenvalue weighted by Gasteiger charge is -2.28. The van der Waals surface area contributed by atoms with Crippen LogP contribution in [0.15, 0.2) is 6.20 Å². The van der Waals surface area contributed by atoms with E-state index in [9.17, 15) is 0 Å². The fraction of sp³-hybridized carbons (Fsp3) is 0.733. The predicted molar refractivity (Wildman–Crippen MR) is 89.7 cm³/mol. The van der Waals surface area contributed by atoms with Crippen LogP contribution in [0.4, 0.5) is 5.69 Å². The van der Waals surface area contributed by atoms with Gasteiger partial charge in [0, 0.05) is 25.6 Å². The molecule has 4 nitrogen and oxygen atoms in total. The molecule has 1 aromatic heterocycles. The molecule has 0 fully saturated rings. The van der Waals surface area contributed by atoms with Gasteiger partial charge in [-0.1, -0.05) is 13.8 Å². The number of nitrogens with one attached hydrogen (secondary N) is 1. The summed E-state index contributed by atoms with van der Waals surface area (Å²) in [6.07, 6.45) is 5.30. The molecule has 1 rings (SSSR count). The van der Waals surface area contributed by atoms with Gasteiger partial charge in [0.1, 0.15) is 5.82 Å². The lowest BCUT2D eigenvalue weighted by molar-refractivity contribution is 0.652. The van der Waals surface area contributed by atoms with Gasteiger partial charge in [0.15, 0.2) is 0 Å². The van der Waals surface area contributed by atoms with E-state index in [1.54, 1.807) is 0 Å². The van der Waals surface area contributed by atoms with E-state index in [2.05, 4.69) is 49.3 Å². The Labute approximate surface area is 127 Å². The van der Waals surface area contributed by atoms with Crippen LogP contribution >= 0.6 is 11.8 Å². The molecule has 0 amide bonds. The summed E-state index contributed by atoms with van der Waals surface area (Å²) < 4.78 is 0. The van der Waals surface area contributed by atoms with E-state index < -0.39 is 0 Å². The number of rotatable bonds is 8. The van der Waals surface area contributed by atoms with Crippen molar-refractivity contribution < 1.29 is 0 Å². The molecule has 0 radical (unpaired) electrons. The standard InChI is InChI=1S/C15H28N4S/c1-11(2)15-17-10-14(13(18-15)9-16-4)19(5)12(3)7-8-20-6/h10-12,16H,7-9H2,1-6H3. The summed E-state index contributed by atoms with van der Waals surface area (Å²) in [6.45, 7) is 7.29. The molecule has 1 aromatic rings. The molecule has 0 saturated heterocycles. The molecule has 1 N–H and O–H groups in total. The first kappa shape index (κ1) is 17.2. The molecule has 0 aliphatic carbocycles. The summed E-state index contributed by atoms with van der Waals surface area (Å²) in [5.74, 6) is 2.46. The summed E-state index contributed by atoms with van der Waals surface area (Å²) in [7, 11) is 4.09. The first-order valence-electron chi connectivity index (χ1n) is 7.23. The van der Waals surface area contributed by atoms with Gasteiger partial charge in [-0.25, -0.2) is 9.97 Å². The Hall–Kier alpha value is -0.810. The molecule has 0 aliphatic rings. The number of hydrogen-bond donors (Lipinski definition) is 1. The molecular formula is C15H28N4S. The zero-order valence-corrected chi connectivity index (χ0v) is 14.4. The highest BCUT2D eigenvalue weighted by Gasteiger charge is 2.16. The lowest BCUT2D eigenvalue weighted by atomic mass is 10.1. The van der Waals surface area contributed by atoms with Crippen LogP contribution in [0.5, 0.6) is 0 Å². The second-order valence-corrected chi connectivity index (χ2v) is 6.47. The first-order chi connectivity index (χ1) is 9.51. The van der Waals surface area contributed by atoms with Crippen LogP contribution in [0, 0.1) is 0 Å². The van der Waals surface area contributed by atoms with Gasteiger partial charge in [0.05, 0.1) is 17.6 Å². The van der Waals surface area contributed by atoms with Crippen molar-refractivity contribution >= 4 is 17.4 Å². The molecule has 1 heterocycles. The van der Waals surface area contributed by atoms with Crippen molar-refractivity contribution in [2.24, 2.45) is 0 Å². The summed E-state index contributed by atoms with van der Waals surface area (Å²) >= 11 is 1.89. The van der Waals surface area contributed by atoms with Gasteiger partial charge in [-0.2, -0.15) is 11.8 Å². The summed E-state index contributed by atoms with van der Waals surface area (Å²) in [5, 5.41) is 3.21. The summed E-state index contributed by atoms with van der Waals surface area (Å²) in [5.41, 5.74) is 2.22. The molecule has 1 unspecified atom stereocenters.